The van der Waals surface area contributed by atoms with Gasteiger partial charge < -0.3 is 19.5 Å². The smallest absolute Gasteiger partial charge is 0.344 e. The number of thiazole rings is 1. The predicted molar refractivity (Wildman–Crippen MR) is 78.2 cm³/mol. The molecule has 1 atom stereocenters. The summed E-state index contributed by atoms with van der Waals surface area (Å²) in [5, 5.41) is 5.73. The highest BCUT2D eigenvalue weighted by atomic mass is 32.1. The van der Waals surface area contributed by atoms with Gasteiger partial charge in [-0.2, -0.15) is 0 Å². The minimum atomic E-state index is -0.571. The Morgan fingerprint density at radius 2 is 2.14 bits per heavy atom. The van der Waals surface area contributed by atoms with Crippen molar-refractivity contribution in [2.45, 2.75) is 13.2 Å². The Bertz CT molecular complexity index is 698. The van der Waals surface area contributed by atoms with Crippen LogP contribution >= 0.6 is 11.3 Å². The number of hydrogen-bond donors (Lipinski definition) is 1. The fraction of sp³-hybridized carbons (Fsp3) is 0.286. The molecule has 0 radical (unpaired) electrons. The number of esters is 1. The number of anilines is 1. The largest absolute Gasteiger partial charge is 0.493 e. The zero-order chi connectivity index (χ0) is 15.0. The monoisotopic (exact) mass is 306 g/mol. The van der Waals surface area contributed by atoms with Gasteiger partial charge in [0.15, 0.2) is 16.6 Å². The maximum Gasteiger partial charge on any atom is 0.344 e. The molecule has 21 heavy (non-hydrogen) atoms. The van der Waals surface area contributed by atoms with E-state index >= 15 is 0 Å². The predicted octanol–water partition coefficient (Wildman–Crippen LogP) is 2.75. The van der Waals surface area contributed by atoms with E-state index < -0.39 is 12.2 Å². The number of benzene rings is 1. The number of cyclic esters (lactones) is 1. The molecule has 1 aliphatic rings. The van der Waals surface area contributed by atoms with Crippen LogP contribution in [0.2, 0.25) is 0 Å². The van der Waals surface area contributed by atoms with Gasteiger partial charge in [0.2, 0.25) is 6.23 Å². The van der Waals surface area contributed by atoms with Crippen LogP contribution in [0.4, 0.5) is 5.13 Å². The number of aromatic nitrogens is 1. The van der Waals surface area contributed by atoms with Crippen LogP contribution in [0.1, 0.15) is 27.8 Å². The van der Waals surface area contributed by atoms with E-state index in [-0.39, 0.29) is 0 Å². The van der Waals surface area contributed by atoms with E-state index in [2.05, 4.69) is 10.3 Å². The second kappa shape index (κ2) is 5.25. The van der Waals surface area contributed by atoms with Crippen molar-refractivity contribution < 1.29 is 19.0 Å². The van der Waals surface area contributed by atoms with Crippen LogP contribution in [0.15, 0.2) is 17.5 Å². The lowest BCUT2D eigenvalue weighted by atomic mass is 10.1. The van der Waals surface area contributed by atoms with E-state index in [1.807, 2.05) is 12.3 Å². The third-order valence-electron chi connectivity index (χ3n) is 3.16. The fourth-order valence-electron chi connectivity index (χ4n) is 2.24. The average molecular weight is 306 g/mol. The van der Waals surface area contributed by atoms with Gasteiger partial charge in [-0.25, -0.2) is 9.78 Å². The summed E-state index contributed by atoms with van der Waals surface area (Å²) in [6, 6.07) is 3.54. The van der Waals surface area contributed by atoms with Crippen LogP contribution in [0.25, 0.3) is 0 Å². The van der Waals surface area contributed by atoms with Crippen molar-refractivity contribution >= 4 is 22.4 Å². The maximum absolute atomic E-state index is 12.1. The van der Waals surface area contributed by atoms with Crippen LogP contribution < -0.4 is 14.8 Å². The molecule has 2 aromatic rings. The summed E-state index contributed by atoms with van der Waals surface area (Å²) in [6.07, 6.45) is -0.571. The summed E-state index contributed by atoms with van der Waals surface area (Å²) >= 11 is 1.46. The van der Waals surface area contributed by atoms with Gasteiger partial charge >= 0.3 is 5.97 Å². The molecule has 110 valence electrons. The molecule has 1 N–H and O–H groups in total. The molecule has 1 unspecified atom stereocenters. The Labute approximate surface area is 125 Å². The van der Waals surface area contributed by atoms with Gasteiger partial charge in [-0.15, -0.1) is 11.3 Å². The van der Waals surface area contributed by atoms with Gasteiger partial charge in [0, 0.05) is 10.9 Å². The zero-order valence-corrected chi connectivity index (χ0v) is 12.6. The first-order chi connectivity index (χ1) is 10.1. The number of hydrogen-bond acceptors (Lipinski definition) is 7. The van der Waals surface area contributed by atoms with Gasteiger partial charge in [-0.05, 0) is 19.1 Å². The minimum Gasteiger partial charge on any atom is -0.493 e. The Morgan fingerprint density at radius 3 is 2.76 bits per heavy atom. The Morgan fingerprint density at radius 1 is 1.33 bits per heavy atom. The first-order valence-electron chi connectivity index (χ1n) is 6.28. The van der Waals surface area contributed by atoms with Crippen molar-refractivity contribution in [3.05, 3.63) is 34.3 Å². The van der Waals surface area contributed by atoms with Gasteiger partial charge in [0.25, 0.3) is 0 Å². The number of nitrogens with zero attached hydrogens (tertiary/aromatic N) is 1. The van der Waals surface area contributed by atoms with Crippen LogP contribution in [0.5, 0.6) is 11.5 Å². The summed E-state index contributed by atoms with van der Waals surface area (Å²) in [5.74, 6) is 0.449. The number of ether oxygens (including phenoxy) is 3. The number of aryl methyl sites for hydroxylation is 1. The van der Waals surface area contributed by atoms with E-state index in [9.17, 15) is 4.79 Å². The lowest BCUT2D eigenvalue weighted by molar-refractivity contribution is 0.0435. The number of rotatable bonds is 4. The fourth-order valence-corrected chi connectivity index (χ4v) is 2.95. The highest BCUT2D eigenvalue weighted by Gasteiger charge is 2.36. The lowest BCUT2D eigenvalue weighted by Crippen LogP contribution is -2.10. The summed E-state index contributed by atoms with van der Waals surface area (Å²) in [5.41, 5.74) is 2.02. The van der Waals surface area contributed by atoms with Crippen LogP contribution in [-0.4, -0.2) is 25.2 Å². The normalized spacial score (nSPS) is 16.3. The van der Waals surface area contributed by atoms with Crippen molar-refractivity contribution in [1.82, 2.24) is 4.98 Å². The highest BCUT2D eigenvalue weighted by Crippen LogP contribution is 2.42. The summed E-state index contributed by atoms with van der Waals surface area (Å²) in [4.78, 5) is 16.4. The van der Waals surface area contributed by atoms with E-state index in [0.717, 1.165) is 5.69 Å². The number of nitrogens with one attached hydrogen (secondary N) is 1. The van der Waals surface area contributed by atoms with Crippen molar-refractivity contribution in [2.75, 3.05) is 19.5 Å². The molecule has 0 saturated heterocycles. The average Bonchev–Trinajstić information content (AvgIpc) is 3.02. The standard InChI is InChI=1S/C14H14N2O4S/c1-7-6-21-14(15-7)16-12-8-4-5-9(18-2)11(19-3)10(8)13(17)20-12/h4-6,12H,1-3H3,(H,15,16). The molecule has 1 aromatic heterocycles. The molecular formula is C14H14N2O4S. The summed E-state index contributed by atoms with van der Waals surface area (Å²) < 4.78 is 15.9. The van der Waals surface area contributed by atoms with Crippen LogP contribution in [-0.2, 0) is 4.74 Å². The van der Waals surface area contributed by atoms with E-state index in [4.69, 9.17) is 14.2 Å². The van der Waals surface area contributed by atoms with Gasteiger partial charge in [-0.3, -0.25) is 0 Å². The van der Waals surface area contributed by atoms with Gasteiger partial charge in [-0.1, -0.05) is 0 Å². The number of carbonyl (C=O) groups excluding carboxylic acids is 1. The van der Waals surface area contributed by atoms with Crippen molar-refractivity contribution in [3.63, 3.8) is 0 Å². The zero-order valence-electron chi connectivity index (χ0n) is 11.8. The third kappa shape index (κ3) is 2.29. The number of carbonyl (C=O) groups is 1. The first-order valence-corrected chi connectivity index (χ1v) is 7.16. The third-order valence-corrected chi connectivity index (χ3v) is 4.05. The SMILES string of the molecule is COc1ccc2c(c1OC)C(=O)OC2Nc1nc(C)cs1. The molecule has 1 aromatic carbocycles. The van der Waals surface area contributed by atoms with Crippen molar-refractivity contribution in [1.29, 1.82) is 0 Å². The molecule has 0 aliphatic carbocycles. The Kier molecular flexibility index (Phi) is 3.42. The molecule has 1 aliphatic heterocycles. The summed E-state index contributed by atoms with van der Waals surface area (Å²) in [6.45, 7) is 1.91. The van der Waals surface area contributed by atoms with E-state index in [0.29, 0.717) is 27.8 Å². The van der Waals surface area contributed by atoms with E-state index in [1.54, 1.807) is 12.1 Å². The van der Waals surface area contributed by atoms with Gasteiger partial charge in [0.05, 0.1) is 19.9 Å². The Balaban J connectivity index is 1.98. The lowest BCUT2D eigenvalue weighted by Gasteiger charge is -2.13. The van der Waals surface area contributed by atoms with Crippen LogP contribution in [0.3, 0.4) is 0 Å². The van der Waals surface area contributed by atoms with Crippen molar-refractivity contribution in [3.8, 4) is 11.5 Å². The topological polar surface area (TPSA) is 69.7 Å². The Hall–Kier alpha value is -2.28. The molecular weight excluding hydrogens is 292 g/mol. The first kappa shape index (κ1) is 13.7. The molecule has 0 bridgehead atoms. The van der Waals surface area contributed by atoms with Gasteiger partial charge in [0.1, 0.15) is 5.56 Å². The second-order valence-corrected chi connectivity index (χ2v) is 5.35. The quantitative estimate of drug-likeness (QED) is 0.876. The molecule has 7 heteroatoms. The number of fused-ring (bicyclic) bond motifs is 1. The minimum absolute atomic E-state index is 0.389. The number of methoxy groups -OCH3 is 2. The molecule has 0 spiro atoms. The molecule has 3 rings (SSSR count). The molecule has 0 saturated carbocycles. The van der Waals surface area contributed by atoms with Crippen molar-refractivity contribution in [2.24, 2.45) is 0 Å². The second-order valence-electron chi connectivity index (χ2n) is 4.49. The maximum atomic E-state index is 12.1. The molecule has 0 fully saturated rings. The molecule has 2 heterocycles. The van der Waals surface area contributed by atoms with E-state index in [1.165, 1.54) is 25.6 Å². The molecule has 0 amide bonds. The van der Waals surface area contributed by atoms with Crippen LogP contribution in [0, 0.1) is 6.92 Å². The highest BCUT2D eigenvalue weighted by molar-refractivity contribution is 7.13. The molecule has 6 nitrogen and oxygen atoms in total. The summed E-state index contributed by atoms with van der Waals surface area (Å²) in [7, 11) is 3.02.